The zero-order valence-electron chi connectivity index (χ0n) is 16.7. The predicted octanol–water partition coefficient (Wildman–Crippen LogP) is 6.82. The Kier molecular flexibility index (Phi) is 6.60. The summed E-state index contributed by atoms with van der Waals surface area (Å²) in [7, 11) is -1.44. The summed E-state index contributed by atoms with van der Waals surface area (Å²) in [5, 5.41) is 11.6. The van der Waals surface area contributed by atoms with Gasteiger partial charge in [0.05, 0.1) is 35.7 Å². The second kappa shape index (κ2) is 9.04. The zero-order chi connectivity index (χ0) is 21.3. The van der Waals surface area contributed by atoms with E-state index in [1.807, 2.05) is 35.3 Å². The van der Waals surface area contributed by atoms with Crippen molar-refractivity contribution in [2.75, 3.05) is 24.0 Å². The van der Waals surface area contributed by atoms with E-state index in [0.717, 1.165) is 23.6 Å². The lowest BCUT2D eigenvalue weighted by Gasteiger charge is -2.26. The molecular weight excluding hydrogens is 460 g/mol. The lowest BCUT2D eigenvalue weighted by molar-refractivity contribution is -0.113. The highest BCUT2D eigenvalue weighted by atomic mass is 35.5. The summed E-state index contributed by atoms with van der Waals surface area (Å²) < 4.78 is 0. The molecule has 2 aromatic carbocycles. The van der Waals surface area contributed by atoms with Gasteiger partial charge < -0.3 is 0 Å². The topological polar surface area (TPSA) is 44.7 Å². The van der Waals surface area contributed by atoms with E-state index < -0.39 is 7.41 Å². The normalized spacial score (nSPS) is 20.7. The Morgan fingerprint density at radius 1 is 1.03 bits per heavy atom. The minimum atomic E-state index is -1.44. The smallest absolute Gasteiger partial charge is 0.264 e. The van der Waals surface area contributed by atoms with Crippen LogP contribution in [0.25, 0.3) is 0 Å². The van der Waals surface area contributed by atoms with E-state index in [9.17, 15) is 4.79 Å². The van der Waals surface area contributed by atoms with Crippen LogP contribution in [0.2, 0.25) is 15.1 Å². The van der Waals surface area contributed by atoms with Crippen molar-refractivity contribution >= 4 is 59.5 Å². The first-order valence-corrected chi connectivity index (χ1v) is 13.8. The molecule has 0 spiro atoms. The van der Waals surface area contributed by atoms with Crippen molar-refractivity contribution < 1.29 is 4.79 Å². The molecule has 4 rings (SSSR count). The minimum absolute atomic E-state index is 0.0562. The molecule has 2 aromatic rings. The van der Waals surface area contributed by atoms with Crippen molar-refractivity contribution in [2.45, 2.75) is 31.7 Å². The van der Waals surface area contributed by atoms with E-state index in [4.69, 9.17) is 39.9 Å². The van der Waals surface area contributed by atoms with E-state index in [1.54, 1.807) is 12.1 Å². The Bertz CT molecular complexity index is 974. The second-order valence-corrected chi connectivity index (χ2v) is 13.3. The molecule has 0 aromatic heterocycles. The van der Waals surface area contributed by atoms with E-state index in [2.05, 4.69) is 11.8 Å². The molecule has 2 aliphatic heterocycles. The molecule has 0 bridgehead atoms. The maximum Gasteiger partial charge on any atom is 0.298 e. The third-order valence-corrected chi connectivity index (χ3v) is 9.90. The summed E-state index contributed by atoms with van der Waals surface area (Å²) in [5.74, 6) is -0.0562. The van der Waals surface area contributed by atoms with Crippen LogP contribution in [0.1, 0.15) is 37.3 Å². The molecule has 1 saturated heterocycles. The van der Waals surface area contributed by atoms with Crippen LogP contribution in [0.15, 0.2) is 47.6 Å². The number of benzene rings is 2. The van der Waals surface area contributed by atoms with Crippen LogP contribution in [-0.2, 0) is 4.79 Å². The van der Waals surface area contributed by atoms with Crippen molar-refractivity contribution in [3.8, 4) is 0 Å². The van der Waals surface area contributed by atoms with Crippen molar-refractivity contribution in [3.05, 3.63) is 63.1 Å². The second-order valence-electron chi connectivity index (χ2n) is 8.10. The van der Waals surface area contributed by atoms with Gasteiger partial charge in [0.25, 0.3) is 5.91 Å². The van der Waals surface area contributed by atoms with Crippen LogP contribution in [-0.4, -0.2) is 30.6 Å². The number of hydrogen-bond donors (Lipinski definition) is 1. The third-order valence-electron chi connectivity index (χ3n) is 5.76. The minimum Gasteiger partial charge on any atom is -0.264 e. The SMILES string of the molecule is C[P+]1(NC(=O)C2=NN(c3ccc(Cl)cc3Cl)C(c3ccc(Cl)cc3)C2)CCCCC1. The van der Waals surface area contributed by atoms with E-state index in [1.165, 1.54) is 19.3 Å². The Balaban J connectivity index is 1.64. The molecular formula is C22H24Cl3N3OP+. The van der Waals surface area contributed by atoms with E-state index in [0.29, 0.717) is 27.2 Å². The Morgan fingerprint density at radius 2 is 1.70 bits per heavy atom. The molecule has 1 N–H and O–H groups in total. The maximum absolute atomic E-state index is 13.1. The first-order valence-electron chi connectivity index (χ1n) is 10.1. The fraction of sp³-hybridized carbons (Fsp3) is 0.364. The summed E-state index contributed by atoms with van der Waals surface area (Å²) in [4.78, 5) is 13.1. The summed E-state index contributed by atoms with van der Waals surface area (Å²) in [6.45, 7) is 2.24. The van der Waals surface area contributed by atoms with Gasteiger partial charge in [0.1, 0.15) is 13.1 Å². The molecule has 8 heteroatoms. The fourth-order valence-corrected chi connectivity index (χ4v) is 7.64. The van der Waals surface area contributed by atoms with Crippen LogP contribution in [0, 0.1) is 0 Å². The number of hydrazone groups is 1. The first-order chi connectivity index (χ1) is 14.3. The lowest BCUT2D eigenvalue weighted by Crippen LogP contribution is -2.33. The summed E-state index contributed by atoms with van der Waals surface area (Å²) in [6, 6.07) is 12.8. The van der Waals surface area contributed by atoms with Crippen molar-refractivity contribution in [1.82, 2.24) is 5.09 Å². The lowest BCUT2D eigenvalue weighted by atomic mass is 10.0. The summed E-state index contributed by atoms with van der Waals surface area (Å²) >= 11 is 18.6. The van der Waals surface area contributed by atoms with Crippen molar-refractivity contribution in [3.63, 3.8) is 0 Å². The van der Waals surface area contributed by atoms with Gasteiger partial charge in [-0.2, -0.15) is 5.10 Å². The number of halogens is 3. The molecule has 4 nitrogen and oxygen atoms in total. The van der Waals surface area contributed by atoms with E-state index >= 15 is 0 Å². The molecule has 0 radical (unpaired) electrons. The van der Waals surface area contributed by atoms with Gasteiger partial charge in [-0.25, -0.2) is 5.09 Å². The van der Waals surface area contributed by atoms with Crippen molar-refractivity contribution in [1.29, 1.82) is 0 Å². The Labute approximate surface area is 193 Å². The molecule has 1 atom stereocenters. The number of anilines is 1. The highest BCUT2D eigenvalue weighted by Crippen LogP contribution is 2.55. The highest BCUT2D eigenvalue weighted by Gasteiger charge is 2.40. The number of nitrogens with one attached hydrogen (secondary N) is 1. The highest BCUT2D eigenvalue weighted by molar-refractivity contribution is 7.74. The van der Waals surface area contributed by atoms with Crippen LogP contribution in [0.3, 0.4) is 0 Å². The number of amides is 1. The van der Waals surface area contributed by atoms with Crippen LogP contribution in [0.4, 0.5) is 5.69 Å². The monoisotopic (exact) mass is 482 g/mol. The number of carbonyl (C=O) groups is 1. The Morgan fingerprint density at radius 3 is 2.37 bits per heavy atom. The van der Waals surface area contributed by atoms with Gasteiger partial charge in [-0.1, -0.05) is 46.9 Å². The number of carbonyl (C=O) groups excluding carboxylic acids is 1. The van der Waals surface area contributed by atoms with Crippen LogP contribution < -0.4 is 10.1 Å². The van der Waals surface area contributed by atoms with Gasteiger partial charge in [-0.3, -0.25) is 9.80 Å². The molecule has 0 saturated carbocycles. The van der Waals surface area contributed by atoms with Crippen LogP contribution in [0.5, 0.6) is 0 Å². The van der Waals surface area contributed by atoms with Gasteiger partial charge in [0, 0.05) is 16.5 Å². The quantitative estimate of drug-likeness (QED) is 0.485. The molecule has 30 heavy (non-hydrogen) atoms. The van der Waals surface area contributed by atoms with Gasteiger partial charge in [0.2, 0.25) is 0 Å². The number of nitrogens with zero attached hydrogens (tertiary/aromatic N) is 2. The molecule has 1 fully saturated rings. The third kappa shape index (κ3) is 4.78. The average Bonchev–Trinajstić information content (AvgIpc) is 3.14. The van der Waals surface area contributed by atoms with Crippen molar-refractivity contribution in [2.24, 2.45) is 5.10 Å². The molecule has 158 valence electrons. The number of hydrogen-bond acceptors (Lipinski definition) is 3. The molecule has 1 amide bonds. The van der Waals surface area contributed by atoms with E-state index in [-0.39, 0.29) is 11.9 Å². The van der Waals surface area contributed by atoms with Gasteiger partial charge >= 0.3 is 0 Å². The first kappa shape index (κ1) is 21.9. The summed E-state index contributed by atoms with van der Waals surface area (Å²) in [5.41, 5.74) is 2.28. The van der Waals surface area contributed by atoms with Crippen LogP contribution >= 0.6 is 42.2 Å². The van der Waals surface area contributed by atoms with Gasteiger partial charge in [-0.15, -0.1) is 0 Å². The Hall–Kier alpha value is -1.32. The molecule has 2 aliphatic rings. The predicted molar refractivity (Wildman–Crippen MR) is 130 cm³/mol. The molecule has 1 unspecified atom stereocenters. The molecule has 2 heterocycles. The largest absolute Gasteiger partial charge is 0.298 e. The average molecular weight is 484 g/mol. The fourth-order valence-electron chi connectivity index (χ4n) is 4.11. The maximum atomic E-state index is 13.1. The van der Waals surface area contributed by atoms with Gasteiger partial charge in [0.15, 0.2) is 0 Å². The molecule has 0 aliphatic carbocycles. The number of rotatable bonds is 4. The van der Waals surface area contributed by atoms with Gasteiger partial charge in [-0.05, 0) is 55.2 Å². The summed E-state index contributed by atoms with van der Waals surface area (Å²) in [6.07, 6.45) is 6.37. The standard InChI is InChI=1S/C22H23Cl3N3OP/c1-30(11-3-2-4-12-30)27-22(29)19-14-21(15-5-7-16(23)8-6-15)28(26-19)20-10-9-17(24)13-18(20)25/h5-10,13,21H,2-4,11-12,14H2,1H3/p+1. The zero-order valence-corrected chi connectivity index (χ0v) is 19.9.